The number of Topliss-reactive ketones (excluding diaryl/α,β-unsaturated/α-hetero) is 1. The van der Waals surface area contributed by atoms with Gasteiger partial charge < -0.3 is 4.74 Å². The van der Waals surface area contributed by atoms with E-state index in [1.54, 1.807) is 7.11 Å². The first kappa shape index (κ1) is 6.75. The summed E-state index contributed by atoms with van der Waals surface area (Å²) in [5, 5.41) is 0. The third-order valence-corrected chi connectivity index (χ3v) is 1.76. The van der Waals surface area contributed by atoms with Crippen molar-refractivity contribution in [2.45, 2.75) is 19.3 Å². The highest BCUT2D eigenvalue weighted by molar-refractivity contribution is 5.84. The number of rotatable bonds is 3. The molecule has 0 aromatic heterocycles. The van der Waals surface area contributed by atoms with Gasteiger partial charge in [-0.15, -0.1) is 0 Å². The Kier molecular flexibility index (Phi) is 2.22. The molecule has 1 aliphatic rings. The maximum atomic E-state index is 10.4. The molecule has 9 heavy (non-hydrogen) atoms. The highest BCUT2D eigenvalue weighted by Crippen LogP contribution is 2.25. The van der Waals surface area contributed by atoms with Crippen LogP contribution in [0.15, 0.2) is 0 Å². The van der Waals surface area contributed by atoms with Crippen molar-refractivity contribution in [1.29, 1.82) is 0 Å². The highest BCUT2D eigenvalue weighted by Gasteiger charge is 2.25. The molecule has 0 bridgehead atoms. The number of hydrogen-bond acceptors (Lipinski definition) is 2. The largest absolute Gasteiger partial charge is 0.385 e. The van der Waals surface area contributed by atoms with Crippen LogP contribution < -0.4 is 0 Å². The molecule has 0 radical (unpaired) electrons. The lowest BCUT2D eigenvalue weighted by atomic mass is 9.82. The Morgan fingerprint density at radius 1 is 1.67 bits per heavy atom. The number of carbonyl (C=O) groups excluding carboxylic acids is 1. The summed E-state index contributed by atoms with van der Waals surface area (Å²) in [6.45, 7) is 0.804. The molecule has 0 atom stereocenters. The van der Waals surface area contributed by atoms with E-state index >= 15 is 0 Å². The highest BCUT2D eigenvalue weighted by atomic mass is 16.5. The Balaban J connectivity index is 1.97. The van der Waals surface area contributed by atoms with Crippen LogP contribution in [0.1, 0.15) is 19.3 Å². The van der Waals surface area contributed by atoms with Gasteiger partial charge in [-0.05, 0) is 12.3 Å². The zero-order chi connectivity index (χ0) is 6.69. The zero-order valence-electron chi connectivity index (χ0n) is 5.72. The maximum Gasteiger partial charge on any atom is 0.133 e. The third kappa shape index (κ3) is 1.79. The Labute approximate surface area is 55.2 Å². The van der Waals surface area contributed by atoms with Crippen LogP contribution >= 0.6 is 0 Å². The number of hydrogen-bond donors (Lipinski definition) is 0. The zero-order valence-corrected chi connectivity index (χ0v) is 5.72. The summed E-state index contributed by atoms with van der Waals surface area (Å²) in [5.74, 6) is 1.05. The fraction of sp³-hybridized carbons (Fsp3) is 0.857. The minimum Gasteiger partial charge on any atom is -0.385 e. The third-order valence-electron chi connectivity index (χ3n) is 1.76. The average Bonchev–Trinajstić information content (AvgIpc) is 1.78. The summed E-state index contributed by atoms with van der Waals surface area (Å²) in [6.07, 6.45) is 2.65. The first-order valence-corrected chi connectivity index (χ1v) is 3.33. The van der Waals surface area contributed by atoms with Crippen LogP contribution in [0.3, 0.4) is 0 Å². The molecule has 2 nitrogen and oxygen atoms in total. The second-order valence-corrected chi connectivity index (χ2v) is 2.59. The number of carbonyl (C=O) groups is 1. The van der Waals surface area contributed by atoms with Gasteiger partial charge in [0.05, 0.1) is 0 Å². The van der Waals surface area contributed by atoms with E-state index in [1.165, 1.54) is 0 Å². The van der Waals surface area contributed by atoms with Crippen LogP contribution in [-0.4, -0.2) is 19.5 Å². The number of ether oxygens (including phenoxy) is 1. The van der Waals surface area contributed by atoms with Gasteiger partial charge in [0.25, 0.3) is 0 Å². The molecule has 0 N–H and O–H groups in total. The summed E-state index contributed by atoms with van der Waals surface area (Å²) in [4.78, 5) is 10.4. The monoisotopic (exact) mass is 128 g/mol. The van der Waals surface area contributed by atoms with E-state index in [4.69, 9.17) is 4.74 Å². The van der Waals surface area contributed by atoms with E-state index in [2.05, 4.69) is 0 Å². The molecule has 0 saturated heterocycles. The quantitative estimate of drug-likeness (QED) is 0.566. The van der Waals surface area contributed by atoms with Crippen molar-refractivity contribution in [1.82, 2.24) is 0 Å². The summed E-state index contributed by atoms with van der Waals surface area (Å²) in [5.41, 5.74) is 0. The summed E-state index contributed by atoms with van der Waals surface area (Å²) in [7, 11) is 1.69. The topological polar surface area (TPSA) is 26.3 Å². The second-order valence-electron chi connectivity index (χ2n) is 2.59. The Bertz CT molecular complexity index is 101. The molecule has 2 heteroatoms. The van der Waals surface area contributed by atoms with Crippen molar-refractivity contribution in [3.63, 3.8) is 0 Å². The van der Waals surface area contributed by atoms with Crippen LogP contribution in [-0.2, 0) is 9.53 Å². The van der Waals surface area contributed by atoms with E-state index in [0.717, 1.165) is 25.9 Å². The molecule has 1 saturated carbocycles. The van der Waals surface area contributed by atoms with Crippen molar-refractivity contribution >= 4 is 5.78 Å². The lowest BCUT2D eigenvalue weighted by molar-refractivity contribution is -0.127. The van der Waals surface area contributed by atoms with E-state index in [0.29, 0.717) is 11.7 Å². The average molecular weight is 128 g/mol. The van der Waals surface area contributed by atoms with E-state index in [-0.39, 0.29) is 0 Å². The standard InChI is InChI=1S/C7H12O2/c1-9-3-2-6-4-7(8)5-6/h6H,2-5H2,1H3. The van der Waals surface area contributed by atoms with E-state index in [9.17, 15) is 4.79 Å². The molecular weight excluding hydrogens is 116 g/mol. The molecule has 0 unspecified atom stereocenters. The van der Waals surface area contributed by atoms with Gasteiger partial charge in [-0.1, -0.05) is 0 Å². The van der Waals surface area contributed by atoms with E-state index in [1.807, 2.05) is 0 Å². The van der Waals surface area contributed by atoms with Crippen LogP contribution in [0, 0.1) is 5.92 Å². The molecule has 0 spiro atoms. The van der Waals surface area contributed by atoms with Crippen LogP contribution in [0.2, 0.25) is 0 Å². The van der Waals surface area contributed by atoms with Crippen LogP contribution in [0.4, 0.5) is 0 Å². The van der Waals surface area contributed by atoms with Crippen molar-refractivity contribution in [2.24, 2.45) is 5.92 Å². The molecule has 52 valence electrons. The summed E-state index contributed by atoms with van der Waals surface area (Å²) in [6, 6.07) is 0. The molecule has 0 aliphatic heterocycles. The van der Waals surface area contributed by atoms with Crippen molar-refractivity contribution in [3.05, 3.63) is 0 Å². The van der Waals surface area contributed by atoms with Gasteiger partial charge in [0.15, 0.2) is 0 Å². The summed E-state index contributed by atoms with van der Waals surface area (Å²) >= 11 is 0. The molecule has 1 aliphatic carbocycles. The molecule has 1 fully saturated rings. The molecular formula is C7H12O2. The number of ketones is 1. The fourth-order valence-electron chi connectivity index (χ4n) is 1.07. The van der Waals surface area contributed by atoms with Gasteiger partial charge in [-0.3, -0.25) is 4.79 Å². The molecule has 1 rings (SSSR count). The van der Waals surface area contributed by atoms with Gasteiger partial charge >= 0.3 is 0 Å². The maximum absolute atomic E-state index is 10.4. The second kappa shape index (κ2) is 2.97. The normalized spacial score (nSPS) is 19.9. The molecule has 0 aromatic rings. The van der Waals surface area contributed by atoms with Crippen molar-refractivity contribution < 1.29 is 9.53 Å². The lowest BCUT2D eigenvalue weighted by Gasteiger charge is -2.22. The van der Waals surface area contributed by atoms with Gasteiger partial charge in [-0.25, -0.2) is 0 Å². The van der Waals surface area contributed by atoms with Crippen LogP contribution in [0.5, 0.6) is 0 Å². The first-order chi connectivity index (χ1) is 4.33. The first-order valence-electron chi connectivity index (χ1n) is 3.33. The predicted octanol–water partition coefficient (Wildman–Crippen LogP) is 1.00. The van der Waals surface area contributed by atoms with Gasteiger partial charge in [0.1, 0.15) is 5.78 Å². The lowest BCUT2D eigenvalue weighted by Crippen LogP contribution is -2.24. The SMILES string of the molecule is COCCC1CC(=O)C1. The molecule has 0 heterocycles. The van der Waals surface area contributed by atoms with Crippen molar-refractivity contribution in [3.8, 4) is 0 Å². The van der Waals surface area contributed by atoms with Crippen molar-refractivity contribution in [2.75, 3.05) is 13.7 Å². The van der Waals surface area contributed by atoms with Gasteiger partial charge in [0, 0.05) is 26.6 Å². The minimum atomic E-state index is 0.413. The molecule has 0 amide bonds. The number of methoxy groups -OCH3 is 1. The Hall–Kier alpha value is -0.370. The van der Waals surface area contributed by atoms with Gasteiger partial charge in [-0.2, -0.15) is 0 Å². The van der Waals surface area contributed by atoms with E-state index < -0.39 is 0 Å². The Morgan fingerprint density at radius 2 is 2.33 bits per heavy atom. The van der Waals surface area contributed by atoms with Crippen LogP contribution in [0.25, 0.3) is 0 Å². The fourth-order valence-corrected chi connectivity index (χ4v) is 1.07. The predicted molar refractivity (Wildman–Crippen MR) is 34.2 cm³/mol. The van der Waals surface area contributed by atoms with Gasteiger partial charge in [0.2, 0.25) is 0 Å². The minimum absolute atomic E-state index is 0.413. The smallest absolute Gasteiger partial charge is 0.133 e. The Morgan fingerprint density at radius 3 is 2.78 bits per heavy atom. The summed E-state index contributed by atoms with van der Waals surface area (Å²) < 4.78 is 4.87. The molecule has 0 aromatic carbocycles.